The number of amides is 1. The molecular weight excluding hydrogens is 321 g/mol. The molecule has 126 valence electrons. The zero-order valence-corrected chi connectivity index (χ0v) is 13.5. The van der Waals surface area contributed by atoms with Gasteiger partial charge in [0, 0.05) is 5.56 Å². The SMILES string of the molecule is COc1ccc(C(=O)Nc2ccc(Nc3ccccc3F)cn2)cc1. The largest absolute Gasteiger partial charge is 0.497 e. The number of para-hydroxylation sites is 1. The highest BCUT2D eigenvalue weighted by Crippen LogP contribution is 2.20. The maximum Gasteiger partial charge on any atom is 0.256 e. The molecule has 0 aliphatic carbocycles. The number of benzene rings is 2. The zero-order chi connectivity index (χ0) is 17.6. The number of carbonyl (C=O) groups is 1. The number of methoxy groups -OCH3 is 1. The minimum absolute atomic E-state index is 0.273. The predicted octanol–water partition coefficient (Wildman–Crippen LogP) is 4.23. The summed E-state index contributed by atoms with van der Waals surface area (Å²) in [6, 6.07) is 16.5. The van der Waals surface area contributed by atoms with Crippen molar-refractivity contribution in [2.45, 2.75) is 0 Å². The third-order valence-corrected chi connectivity index (χ3v) is 3.51. The van der Waals surface area contributed by atoms with Gasteiger partial charge < -0.3 is 15.4 Å². The van der Waals surface area contributed by atoms with Crippen molar-refractivity contribution >= 4 is 23.1 Å². The van der Waals surface area contributed by atoms with E-state index in [9.17, 15) is 9.18 Å². The molecule has 1 heterocycles. The van der Waals surface area contributed by atoms with E-state index in [1.54, 1.807) is 61.7 Å². The lowest BCUT2D eigenvalue weighted by Gasteiger charge is -2.09. The Kier molecular flexibility index (Phi) is 4.89. The van der Waals surface area contributed by atoms with Crippen molar-refractivity contribution in [2.24, 2.45) is 0 Å². The maximum atomic E-state index is 13.6. The molecule has 0 saturated heterocycles. The van der Waals surface area contributed by atoms with Gasteiger partial charge in [-0.05, 0) is 48.5 Å². The number of carbonyl (C=O) groups excluding carboxylic acids is 1. The standard InChI is InChI=1S/C19H16FN3O2/c1-25-15-9-6-13(7-10-15)19(24)23-18-11-8-14(12-21-18)22-17-5-3-2-4-16(17)20/h2-12,22H,1H3,(H,21,23,24). The highest BCUT2D eigenvalue weighted by Gasteiger charge is 2.07. The molecule has 25 heavy (non-hydrogen) atoms. The van der Waals surface area contributed by atoms with Crippen molar-refractivity contribution in [3.05, 3.63) is 78.2 Å². The van der Waals surface area contributed by atoms with E-state index in [1.807, 2.05) is 0 Å². The number of pyridine rings is 1. The van der Waals surface area contributed by atoms with Crippen molar-refractivity contribution in [1.29, 1.82) is 0 Å². The van der Waals surface area contributed by atoms with Gasteiger partial charge in [0.05, 0.1) is 24.7 Å². The summed E-state index contributed by atoms with van der Waals surface area (Å²) in [5, 5.41) is 5.64. The van der Waals surface area contributed by atoms with Gasteiger partial charge in [-0.3, -0.25) is 4.79 Å². The summed E-state index contributed by atoms with van der Waals surface area (Å²) in [5.74, 6) is 0.461. The Balaban J connectivity index is 1.65. The number of rotatable bonds is 5. The van der Waals surface area contributed by atoms with Crippen LogP contribution in [0.15, 0.2) is 66.9 Å². The Morgan fingerprint density at radius 3 is 2.44 bits per heavy atom. The summed E-state index contributed by atoms with van der Waals surface area (Å²) in [6.45, 7) is 0. The Morgan fingerprint density at radius 2 is 1.80 bits per heavy atom. The lowest BCUT2D eigenvalue weighted by atomic mass is 10.2. The van der Waals surface area contributed by atoms with E-state index in [0.717, 1.165) is 0 Å². The summed E-state index contributed by atoms with van der Waals surface area (Å²) >= 11 is 0. The Bertz CT molecular complexity index is 865. The molecule has 2 aromatic carbocycles. The summed E-state index contributed by atoms with van der Waals surface area (Å²) in [7, 11) is 1.57. The summed E-state index contributed by atoms with van der Waals surface area (Å²) in [4.78, 5) is 16.3. The number of hydrogen-bond acceptors (Lipinski definition) is 4. The van der Waals surface area contributed by atoms with Crippen LogP contribution in [0.25, 0.3) is 0 Å². The minimum atomic E-state index is -0.348. The Hall–Kier alpha value is -3.41. The number of halogens is 1. The van der Waals surface area contributed by atoms with Gasteiger partial charge in [-0.25, -0.2) is 9.37 Å². The molecule has 0 fully saturated rings. The molecular formula is C19H16FN3O2. The fourth-order valence-corrected chi connectivity index (χ4v) is 2.19. The van der Waals surface area contributed by atoms with Crippen LogP contribution >= 0.6 is 0 Å². The van der Waals surface area contributed by atoms with Crippen LogP contribution in [0.5, 0.6) is 5.75 Å². The van der Waals surface area contributed by atoms with Crippen LogP contribution in [0.4, 0.5) is 21.6 Å². The molecule has 3 aromatic rings. The van der Waals surface area contributed by atoms with E-state index in [4.69, 9.17) is 4.74 Å². The van der Waals surface area contributed by atoms with Gasteiger partial charge in [-0.15, -0.1) is 0 Å². The first-order valence-electron chi connectivity index (χ1n) is 7.59. The molecule has 0 radical (unpaired) electrons. The van der Waals surface area contributed by atoms with Gasteiger partial charge in [0.25, 0.3) is 5.91 Å². The molecule has 6 heteroatoms. The Labute approximate surface area is 144 Å². The first kappa shape index (κ1) is 16.4. The number of aromatic nitrogens is 1. The lowest BCUT2D eigenvalue weighted by molar-refractivity contribution is 0.102. The lowest BCUT2D eigenvalue weighted by Crippen LogP contribution is -2.12. The summed E-state index contributed by atoms with van der Waals surface area (Å²) in [6.07, 6.45) is 1.52. The first-order valence-corrected chi connectivity index (χ1v) is 7.59. The molecule has 0 aliphatic rings. The summed E-state index contributed by atoms with van der Waals surface area (Å²) in [5.41, 5.74) is 1.48. The van der Waals surface area contributed by atoms with Crippen LogP contribution in [0.3, 0.4) is 0 Å². The van der Waals surface area contributed by atoms with E-state index in [2.05, 4.69) is 15.6 Å². The number of nitrogens with one attached hydrogen (secondary N) is 2. The van der Waals surface area contributed by atoms with Crippen LogP contribution < -0.4 is 15.4 Å². The molecule has 1 aromatic heterocycles. The third-order valence-electron chi connectivity index (χ3n) is 3.51. The second kappa shape index (κ2) is 7.44. The van der Waals surface area contributed by atoms with Crippen molar-refractivity contribution in [3.8, 4) is 5.75 Å². The second-order valence-electron chi connectivity index (χ2n) is 5.22. The van der Waals surface area contributed by atoms with Crippen LogP contribution in [-0.2, 0) is 0 Å². The normalized spacial score (nSPS) is 10.2. The summed E-state index contributed by atoms with van der Waals surface area (Å²) < 4.78 is 18.7. The van der Waals surface area contributed by atoms with Crippen molar-refractivity contribution < 1.29 is 13.9 Å². The first-order chi connectivity index (χ1) is 12.2. The minimum Gasteiger partial charge on any atom is -0.497 e. The van der Waals surface area contributed by atoms with Gasteiger partial charge in [-0.1, -0.05) is 12.1 Å². The molecule has 2 N–H and O–H groups in total. The van der Waals surface area contributed by atoms with Gasteiger partial charge in [0.15, 0.2) is 0 Å². The van der Waals surface area contributed by atoms with E-state index in [1.165, 1.54) is 12.3 Å². The smallest absolute Gasteiger partial charge is 0.256 e. The number of anilines is 3. The van der Waals surface area contributed by atoms with E-state index in [0.29, 0.717) is 28.5 Å². The van der Waals surface area contributed by atoms with Crippen molar-refractivity contribution in [2.75, 3.05) is 17.7 Å². The second-order valence-corrected chi connectivity index (χ2v) is 5.22. The molecule has 5 nitrogen and oxygen atoms in total. The number of hydrogen-bond donors (Lipinski definition) is 2. The van der Waals surface area contributed by atoms with Crippen LogP contribution in [0.2, 0.25) is 0 Å². The van der Waals surface area contributed by atoms with Crippen molar-refractivity contribution in [3.63, 3.8) is 0 Å². The predicted molar refractivity (Wildman–Crippen MR) is 94.9 cm³/mol. The molecule has 1 amide bonds. The zero-order valence-electron chi connectivity index (χ0n) is 13.5. The highest BCUT2D eigenvalue weighted by molar-refractivity contribution is 6.03. The average molecular weight is 337 g/mol. The molecule has 0 unspecified atom stereocenters. The molecule has 0 atom stereocenters. The van der Waals surface area contributed by atoms with Crippen LogP contribution in [0.1, 0.15) is 10.4 Å². The number of nitrogens with zero attached hydrogens (tertiary/aromatic N) is 1. The fourth-order valence-electron chi connectivity index (χ4n) is 2.19. The molecule has 0 bridgehead atoms. The molecule has 0 spiro atoms. The monoisotopic (exact) mass is 337 g/mol. The van der Waals surface area contributed by atoms with Gasteiger partial charge >= 0.3 is 0 Å². The van der Waals surface area contributed by atoms with Crippen molar-refractivity contribution in [1.82, 2.24) is 4.98 Å². The van der Waals surface area contributed by atoms with Gasteiger partial charge in [0.1, 0.15) is 17.4 Å². The fraction of sp³-hybridized carbons (Fsp3) is 0.0526. The van der Waals surface area contributed by atoms with E-state index < -0.39 is 0 Å². The Morgan fingerprint density at radius 1 is 1.04 bits per heavy atom. The van der Waals surface area contributed by atoms with E-state index >= 15 is 0 Å². The molecule has 0 saturated carbocycles. The molecule has 0 aliphatic heterocycles. The van der Waals surface area contributed by atoms with Crippen LogP contribution in [-0.4, -0.2) is 18.0 Å². The topological polar surface area (TPSA) is 63.2 Å². The number of ether oxygens (including phenoxy) is 1. The van der Waals surface area contributed by atoms with Crippen LogP contribution in [0, 0.1) is 5.82 Å². The third kappa shape index (κ3) is 4.11. The quantitative estimate of drug-likeness (QED) is 0.731. The van der Waals surface area contributed by atoms with Gasteiger partial charge in [-0.2, -0.15) is 0 Å². The maximum absolute atomic E-state index is 13.6. The molecule has 3 rings (SSSR count). The highest BCUT2D eigenvalue weighted by atomic mass is 19.1. The average Bonchev–Trinajstić information content (AvgIpc) is 2.65. The van der Waals surface area contributed by atoms with E-state index in [-0.39, 0.29) is 11.7 Å². The van der Waals surface area contributed by atoms with Gasteiger partial charge in [0.2, 0.25) is 0 Å².